The average Bonchev–Trinajstić information content (AvgIpc) is 3.14. The molecule has 0 radical (unpaired) electrons. The highest BCUT2D eigenvalue weighted by Crippen LogP contribution is 2.43. The van der Waals surface area contributed by atoms with Gasteiger partial charge < -0.3 is 25.2 Å². The van der Waals surface area contributed by atoms with Crippen LogP contribution in [0.5, 0.6) is 0 Å². The Labute approximate surface area is 280 Å². The number of urea groups is 1. The summed E-state index contributed by atoms with van der Waals surface area (Å²) >= 11 is 1.68. The molecule has 7 nitrogen and oxygen atoms in total. The molecule has 0 bridgehead atoms. The number of aliphatic hydroxyl groups excluding tert-OH is 1. The smallest absolute Gasteiger partial charge is 0.315 e. The minimum atomic E-state index is -0.540. The minimum Gasteiger partial charge on any atom is -0.392 e. The molecule has 5 aromatic rings. The zero-order chi connectivity index (χ0) is 32.4. The number of carbonyl (C=O) groups is 1. The molecule has 0 aliphatic carbocycles. The molecule has 2 heterocycles. The van der Waals surface area contributed by atoms with Crippen LogP contribution in [-0.4, -0.2) is 28.0 Å². The standard InChI is InChI=1S/C39H39N3O4S/c1-27-35(26-47-36-12-5-6-21-40-36)45-38(46-37(27)32-15-13-29(25-43)14-16-32)33-19-17-31(18-20-33)34-11-7-10-30(22-34)24-42-39(44)41-23-28-8-3-2-4-9-28/h2-22,27,35,37-38,43H,23-26H2,1H3,(H2,41,42,44). The number of pyridine rings is 1. The summed E-state index contributed by atoms with van der Waals surface area (Å²) in [7, 11) is 0. The summed E-state index contributed by atoms with van der Waals surface area (Å²) in [5, 5.41) is 16.4. The SMILES string of the molecule is CC1C(CSc2ccccn2)OC(c2ccc(-c3cccc(CNC(=O)NCc4ccccc4)c3)cc2)OC1c1ccc(CO)cc1. The van der Waals surface area contributed by atoms with E-state index in [0.29, 0.717) is 13.1 Å². The van der Waals surface area contributed by atoms with Gasteiger partial charge in [-0.05, 0) is 51.6 Å². The van der Waals surface area contributed by atoms with Crippen molar-refractivity contribution < 1.29 is 19.4 Å². The van der Waals surface area contributed by atoms with Gasteiger partial charge in [-0.25, -0.2) is 9.78 Å². The summed E-state index contributed by atoms with van der Waals surface area (Å²) in [6, 6.07) is 40.0. The zero-order valence-corrected chi connectivity index (χ0v) is 27.1. The third-order valence-electron chi connectivity index (χ3n) is 8.35. The molecule has 3 N–H and O–H groups in total. The molecule has 1 aliphatic heterocycles. The summed E-state index contributed by atoms with van der Waals surface area (Å²) in [5.41, 5.74) is 7.06. The molecule has 0 spiro atoms. The van der Waals surface area contributed by atoms with Gasteiger partial charge in [0.15, 0.2) is 6.29 Å². The lowest BCUT2D eigenvalue weighted by atomic mass is 9.91. The number of ether oxygens (including phenoxy) is 2. The third-order valence-corrected chi connectivity index (χ3v) is 9.38. The van der Waals surface area contributed by atoms with E-state index in [2.05, 4.69) is 58.9 Å². The van der Waals surface area contributed by atoms with Gasteiger partial charge in [0.1, 0.15) is 0 Å². The van der Waals surface area contributed by atoms with Crippen LogP contribution < -0.4 is 10.6 Å². The van der Waals surface area contributed by atoms with E-state index in [1.54, 1.807) is 11.8 Å². The lowest BCUT2D eigenvalue weighted by Gasteiger charge is -2.41. The monoisotopic (exact) mass is 645 g/mol. The Hall–Kier alpha value is -4.47. The van der Waals surface area contributed by atoms with Crippen LogP contribution in [0.25, 0.3) is 11.1 Å². The second-order valence-electron chi connectivity index (χ2n) is 11.6. The van der Waals surface area contributed by atoms with Crippen LogP contribution in [-0.2, 0) is 29.2 Å². The van der Waals surface area contributed by atoms with E-state index >= 15 is 0 Å². The van der Waals surface area contributed by atoms with Gasteiger partial charge in [0.05, 0.1) is 23.8 Å². The van der Waals surface area contributed by atoms with Crippen molar-refractivity contribution in [1.29, 1.82) is 0 Å². The van der Waals surface area contributed by atoms with Gasteiger partial charge in [-0.15, -0.1) is 11.8 Å². The van der Waals surface area contributed by atoms with Gasteiger partial charge in [-0.2, -0.15) is 0 Å². The molecule has 47 heavy (non-hydrogen) atoms. The van der Waals surface area contributed by atoms with Crippen LogP contribution in [0.2, 0.25) is 0 Å². The van der Waals surface area contributed by atoms with E-state index in [0.717, 1.165) is 49.7 Å². The van der Waals surface area contributed by atoms with Crippen molar-refractivity contribution in [3.8, 4) is 11.1 Å². The molecular weight excluding hydrogens is 607 g/mol. The van der Waals surface area contributed by atoms with Crippen LogP contribution in [0.4, 0.5) is 4.79 Å². The number of benzene rings is 4. The topological polar surface area (TPSA) is 92.7 Å². The molecule has 1 saturated heterocycles. The first-order valence-corrected chi connectivity index (χ1v) is 16.8. The Bertz CT molecular complexity index is 1720. The van der Waals surface area contributed by atoms with E-state index in [1.165, 1.54) is 0 Å². The number of amides is 2. The Morgan fingerprint density at radius 2 is 1.45 bits per heavy atom. The number of nitrogens with zero attached hydrogens (tertiary/aromatic N) is 1. The summed E-state index contributed by atoms with van der Waals surface area (Å²) in [6.45, 7) is 3.08. The van der Waals surface area contributed by atoms with Crippen molar-refractivity contribution in [2.75, 3.05) is 5.75 Å². The van der Waals surface area contributed by atoms with Crippen molar-refractivity contribution in [3.05, 3.63) is 155 Å². The average molecular weight is 646 g/mol. The Balaban J connectivity index is 1.13. The fraction of sp³-hybridized carbons (Fsp3) is 0.231. The van der Waals surface area contributed by atoms with Crippen LogP contribution in [0.1, 0.15) is 47.1 Å². The molecular formula is C39H39N3O4S. The van der Waals surface area contributed by atoms with Crippen molar-refractivity contribution in [3.63, 3.8) is 0 Å². The number of hydrogen-bond acceptors (Lipinski definition) is 6. The molecule has 1 aliphatic rings. The highest BCUT2D eigenvalue weighted by atomic mass is 32.2. The van der Waals surface area contributed by atoms with Crippen molar-refractivity contribution >= 4 is 17.8 Å². The van der Waals surface area contributed by atoms with Crippen LogP contribution in [0.3, 0.4) is 0 Å². The number of rotatable bonds is 11. The largest absolute Gasteiger partial charge is 0.392 e. The highest BCUT2D eigenvalue weighted by molar-refractivity contribution is 7.99. The Morgan fingerprint density at radius 3 is 2.17 bits per heavy atom. The van der Waals surface area contributed by atoms with E-state index in [-0.39, 0.29) is 30.8 Å². The van der Waals surface area contributed by atoms with Gasteiger partial charge in [0.25, 0.3) is 0 Å². The van der Waals surface area contributed by atoms with Crippen LogP contribution >= 0.6 is 11.8 Å². The summed E-state index contributed by atoms with van der Waals surface area (Å²) < 4.78 is 13.3. The predicted octanol–water partition coefficient (Wildman–Crippen LogP) is 7.82. The molecule has 4 atom stereocenters. The first-order chi connectivity index (χ1) is 23.1. The first-order valence-electron chi connectivity index (χ1n) is 15.8. The number of thioether (sulfide) groups is 1. The lowest BCUT2D eigenvalue weighted by Crippen LogP contribution is -2.38. The molecule has 4 aromatic carbocycles. The molecule has 0 saturated carbocycles. The van der Waals surface area contributed by atoms with E-state index in [1.807, 2.05) is 91.1 Å². The second-order valence-corrected chi connectivity index (χ2v) is 12.7. The van der Waals surface area contributed by atoms with E-state index in [9.17, 15) is 9.90 Å². The highest BCUT2D eigenvalue weighted by Gasteiger charge is 2.38. The van der Waals surface area contributed by atoms with Crippen molar-refractivity contribution in [2.24, 2.45) is 5.92 Å². The van der Waals surface area contributed by atoms with Gasteiger partial charge >= 0.3 is 6.03 Å². The van der Waals surface area contributed by atoms with Gasteiger partial charge in [-0.3, -0.25) is 0 Å². The summed E-state index contributed by atoms with van der Waals surface area (Å²) in [4.78, 5) is 16.8. The zero-order valence-electron chi connectivity index (χ0n) is 26.3. The molecule has 8 heteroatoms. The van der Waals surface area contributed by atoms with Crippen LogP contribution in [0.15, 0.2) is 133 Å². The Morgan fingerprint density at radius 1 is 0.745 bits per heavy atom. The van der Waals surface area contributed by atoms with E-state index < -0.39 is 6.29 Å². The maximum atomic E-state index is 12.4. The second kappa shape index (κ2) is 15.9. The fourth-order valence-electron chi connectivity index (χ4n) is 5.63. The molecule has 2 amide bonds. The number of nitrogens with one attached hydrogen (secondary N) is 2. The number of aliphatic hydroxyl groups is 1. The fourth-order valence-corrected chi connectivity index (χ4v) is 6.65. The predicted molar refractivity (Wildman–Crippen MR) is 185 cm³/mol. The lowest BCUT2D eigenvalue weighted by molar-refractivity contribution is -0.268. The van der Waals surface area contributed by atoms with Gasteiger partial charge in [0.2, 0.25) is 0 Å². The first kappa shape index (κ1) is 32.5. The molecule has 1 aromatic heterocycles. The molecule has 6 rings (SSSR count). The Kier molecular flexibility index (Phi) is 11.0. The maximum absolute atomic E-state index is 12.4. The summed E-state index contributed by atoms with van der Waals surface area (Å²) in [5.74, 6) is 0.838. The number of hydrogen-bond donors (Lipinski definition) is 3. The van der Waals surface area contributed by atoms with Crippen molar-refractivity contribution in [2.45, 2.75) is 50.1 Å². The molecule has 1 fully saturated rings. The quantitative estimate of drug-likeness (QED) is 0.127. The van der Waals surface area contributed by atoms with Crippen molar-refractivity contribution in [1.82, 2.24) is 15.6 Å². The van der Waals surface area contributed by atoms with Gasteiger partial charge in [-0.1, -0.05) is 110 Å². The van der Waals surface area contributed by atoms with Gasteiger partial charge in [0, 0.05) is 36.5 Å². The number of aromatic nitrogens is 1. The normalized spacial score (nSPS) is 19.2. The maximum Gasteiger partial charge on any atom is 0.315 e. The minimum absolute atomic E-state index is 0.00624. The summed E-state index contributed by atoms with van der Waals surface area (Å²) in [6.07, 6.45) is 1.02. The van der Waals surface area contributed by atoms with E-state index in [4.69, 9.17) is 9.47 Å². The molecule has 4 unspecified atom stereocenters. The molecule has 240 valence electrons. The number of carbonyl (C=O) groups excluding carboxylic acids is 1. The van der Waals surface area contributed by atoms with Crippen LogP contribution in [0, 0.1) is 5.92 Å². The third kappa shape index (κ3) is 8.67.